The fourth-order valence-electron chi connectivity index (χ4n) is 2.29. The second-order valence-electron chi connectivity index (χ2n) is 4.71. The number of nitrogens with one attached hydrogen (secondary N) is 1. The number of likely N-dealkylation sites (tertiary alicyclic amines) is 1. The summed E-state index contributed by atoms with van der Waals surface area (Å²) in [5.41, 5.74) is 0. The van der Waals surface area contributed by atoms with Gasteiger partial charge in [0.25, 0.3) is 0 Å². The Bertz CT molecular complexity index is 488. The van der Waals surface area contributed by atoms with Gasteiger partial charge in [-0.3, -0.25) is 4.57 Å². The number of rotatable bonds is 5. The van der Waals surface area contributed by atoms with Gasteiger partial charge in [0.05, 0.1) is 6.54 Å². The molecule has 3 heterocycles. The van der Waals surface area contributed by atoms with Gasteiger partial charge in [-0.05, 0) is 25.9 Å². The molecule has 2 aromatic rings. The molecule has 1 saturated heterocycles. The molecule has 0 aliphatic carbocycles. The minimum atomic E-state index is -0.414. The Morgan fingerprint density at radius 2 is 2.16 bits per heavy atom. The van der Waals surface area contributed by atoms with E-state index in [2.05, 4.69) is 23.4 Å². The molecular weight excluding hydrogens is 260 g/mol. The van der Waals surface area contributed by atoms with Gasteiger partial charge in [0, 0.05) is 27.7 Å². The molecule has 102 valence electrons. The monoisotopic (exact) mass is 279 g/mol. The molecule has 1 N–H and O–H groups in total. The molecule has 0 spiro atoms. The van der Waals surface area contributed by atoms with Gasteiger partial charge in [-0.25, -0.2) is 4.98 Å². The van der Waals surface area contributed by atoms with E-state index >= 15 is 0 Å². The first-order chi connectivity index (χ1) is 9.42. The number of nitrogens with zero attached hydrogens (tertiary/aromatic N) is 5. The van der Waals surface area contributed by atoms with E-state index in [1.165, 1.54) is 32.4 Å². The zero-order chi connectivity index (χ0) is 12.9. The van der Waals surface area contributed by atoms with Crippen molar-refractivity contribution in [2.24, 2.45) is 0 Å². The van der Waals surface area contributed by atoms with Gasteiger partial charge >= 0.3 is 11.0 Å². The smallest absolute Gasteiger partial charge is 0.302 e. The van der Waals surface area contributed by atoms with Crippen LogP contribution in [-0.2, 0) is 0 Å². The summed E-state index contributed by atoms with van der Waals surface area (Å²) in [5.74, 6) is 0.853. The van der Waals surface area contributed by atoms with Crippen molar-refractivity contribution < 1.29 is 0 Å². The maximum atomic E-state index is 4.53. The van der Waals surface area contributed by atoms with Gasteiger partial charge in [-0.1, -0.05) is 11.1 Å². The minimum absolute atomic E-state index is 0.414. The van der Waals surface area contributed by atoms with E-state index < -0.39 is 11.0 Å². The summed E-state index contributed by atoms with van der Waals surface area (Å²) in [6, 6.07) is 0. The molecule has 1 aliphatic heterocycles. The average molecular weight is 279 g/mol. The summed E-state index contributed by atoms with van der Waals surface area (Å²) in [6.07, 6.45) is 11.2. The van der Waals surface area contributed by atoms with Gasteiger partial charge in [0.1, 0.15) is 12.5 Å². The zero-order valence-electron chi connectivity index (χ0n) is 10.9. The van der Waals surface area contributed by atoms with Gasteiger partial charge in [-0.2, -0.15) is 0 Å². The second kappa shape index (κ2) is 6.23. The third kappa shape index (κ3) is 3.37. The van der Waals surface area contributed by atoms with E-state index in [4.69, 9.17) is 0 Å². The normalized spacial score (nSPS) is 17.8. The van der Waals surface area contributed by atoms with Crippen molar-refractivity contribution in [3.05, 3.63) is 24.9 Å². The predicted molar refractivity (Wildman–Crippen MR) is 76.2 cm³/mol. The number of piperidine rings is 1. The molecule has 0 saturated carbocycles. The van der Waals surface area contributed by atoms with Gasteiger partial charge < -0.3 is 4.90 Å². The van der Waals surface area contributed by atoms with Crippen LogP contribution in [0.3, 0.4) is 0 Å². The summed E-state index contributed by atoms with van der Waals surface area (Å²) < 4.78 is 14.2. The SMILES string of the molecule is c1cn(-c2cn[s+](NCCN3CCCCC3)n2)cn1. The third-order valence-electron chi connectivity index (χ3n) is 3.32. The minimum Gasteiger partial charge on any atom is -0.302 e. The van der Waals surface area contributed by atoms with Crippen LogP contribution in [-0.4, -0.2) is 49.4 Å². The van der Waals surface area contributed by atoms with Crippen LogP contribution in [0.2, 0.25) is 0 Å². The number of imidazole rings is 1. The van der Waals surface area contributed by atoms with E-state index in [0.717, 1.165) is 18.9 Å². The summed E-state index contributed by atoms with van der Waals surface area (Å²) in [7, 11) is 0. The highest BCUT2D eigenvalue weighted by Gasteiger charge is 2.15. The summed E-state index contributed by atoms with van der Waals surface area (Å²) in [4.78, 5) is 6.53. The molecule has 0 aromatic carbocycles. The van der Waals surface area contributed by atoms with Crippen LogP contribution >= 0.6 is 11.0 Å². The number of hydrogen-bond acceptors (Lipinski definition) is 5. The predicted octanol–water partition coefficient (Wildman–Crippen LogP) is 1.44. The highest BCUT2D eigenvalue weighted by Crippen LogP contribution is 2.11. The Balaban J connectivity index is 1.48. The van der Waals surface area contributed by atoms with Crippen molar-refractivity contribution in [1.29, 1.82) is 0 Å². The van der Waals surface area contributed by atoms with E-state index in [0.29, 0.717) is 0 Å². The van der Waals surface area contributed by atoms with Gasteiger partial charge in [0.2, 0.25) is 5.82 Å². The maximum absolute atomic E-state index is 4.53. The van der Waals surface area contributed by atoms with Crippen LogP contribution in [0, 0.1) is 0 Å². The quantitative estimate of drug-likeness (QED) is 0.839. The van der Waals surface area contributed by atoms with Gasteiger partial charge in [-0.15, -0.1) is 0 Å². The molecule has 7 heteroatoms. The number of aromatic nitrogens is 4. The first kappa shape index (κ1) is 12.7. The lowest BCUT2D eigenvalue weighted by atomic mass is 10.1. The van der Waals surface area contributed by atoms with E-state index in [9.17, 15) is 0 Å². The Labute approximate surface area is 115 Å². The second-order valence-corrected chi connectivity index (χ2v) is 5.93. The van der Waals surface area contributed by atoms with Crippen molar-refractivity contribution in [3.63, 3.8) is 0 Å². The molecule has 1 aliphatic rings. The molecule has 1 fully saturated rings. The highest BCUT2D eigenvalue weighted by molar-refractivity contribution is 7.22. The molecule has 0 amide bonds. The Kier molecular flexibility index (Phi) is 4.16. The lowest BCUT2D eigenvalue weighted by molar-refractivity contribution is 0.237. The molecule has 1 atom stereocenters. The van der Waals surface area contributed by atoms with Crippen molar-refractivity contribution in [1.82, 2.24) is 23.2 Å². The zero-order valence-corrected chi connectivity index (χ0v) is 11.7. The van der Waals surface area contributed by atoms with Crippen LogP contribution in [0.15, 0.2) is 24.9 Å². The molecule has 6 nitrogen and oxygen atoms in total. The molecular formula is C12H19N6S+. The average Bonchev–Trinajstić information content (AvgIpc) is 3.10. The van der Waals surface area contributed by atoms with Crippen molar-refractivity contribution in [3.8, 4) is 5.82 Å². The first-order valence-electron chi connectivity index (χ1n) is 6.73. The van der Waals surface area contributed by atoms with Crippen LogP contribution in [0.5, 0.6) is 0 Å². The Morgan fingerprint density at radius 1 is 1.26 bits per heavy atom. The van der Waals surface area contributed by atoms with Gasteiger partial charge in [0.15, 0.2) is 0 Å². The first-order valence-corrected chi connectivity index (χ1v) is 7.87. The van der Waals surface area contributed by atoms with Crippen LogP contribution in [0.25, 0.3) is 5.82 Å². The standard InChI is InChI=1S/C12H19N6S/c1-2-6-17(7-3-1)8-5-14-19-15-10-12(16-19)18-9-4-13-11-18/h4,9-11,14H,1-3,5-8H2/q+1. The fourth-order valence-corrected chi connectivity index (χ4v) is 3.26. The van der Waals surface area contributed by atoms with E-state index in [-0.39, 0.29) is 0 Å². The molecule has 19 heavy (non-hydrogen) atoms. The highest BCUT2D eigenvalue weighted by atomic mass is 32.2. The van der Waals surface area contributed by atoms with E-state index in [1.54, 1.807) is 18.7 Å². The third-order valence-corrected chi connectivity index (χ3v) is 4.45. The van der Waals surface area contributed by atoms with Crippen LogP contribution in [0.4, 0.5) is 0 Å². The molecule has 0 bridgehead atoms. The Hall–Kier alpha value is -1.31. The largest absolute Gasteiger partial charge is 0.307 e. The fraction of sp³-hybridized carbons (Fsp3) is 0.583. The van der Waals surface area contributed by atoms with Crippen molar-refractivity contribution in [2.75, 3.05) is 30.9 Å². The lowest BCUT2D eigenvalue weighted by Crippen LogP contribution is -2.33. The molecule has 0 radical (unpaired) electrons. The maximum Gasteiger partial charge on any atom is 0.307 e. The molecule has 1 unspecified atom stereocenters. The molecule has 3 rings (SSSR count). The lowest BCUT2D eigenvalue weighted by Gasteiger charge is -2.25. The van der Waals surface area contributed by atoms with Crippen LogP contribution in [0.1, 0.15) is 19.3 Å². The number of hydrogen-bond donors (Lipinski definition) is 1. The Morgan fingerprint density at radius 3 is 2.95 bits per heavy atom. The van der Waals surface area contributed by atoms with E-state index in [1.807, 2.05) is 10.8 Å². The van der Waals surface area contributed by atoms with Crippen LogP contribution < -0.4 is 4.72 Å². The van der Waals surface area contributed by atoms with Crippen molar-refractivity contribution in [2.45, 2.75) is 19.3 Å². The summed E-state index contributed by atoms with van der Waals surface area (Å²) in [5, 5.41) is 0. The summed E-state index contributed by atoms with van der Waals surface area (Å²) in [6.45, 7) is 4.51. The van der Waals surface area contributed by atoms with Crippen molar-refractivity contribution >= 4 is 11.0 Å². The summed E-state index contributed by atoms with van der Waals surface area (Å²) >= 11 is -0.414. The topological polar surface area (TPSA) is 58.9 Å². The molecule has 2 aromatic heterocycles.